The van der Waals surface area contributed by atoms with Crippen LogP contribution in [0.1, 0.15) is 17.3 Å². The summed E-state index contributed by atoms with van der Waals surface area (Å²) in [5, 5.41) is 0. The highest BCUT2D eigenvalue weighted by molar-refractivity contribution is 6.06. The minimum absolute atomic E-state index is 0.101. The molecule has 1 rings (SSSR count). The van der Waals surface area contributed by atoms with Gasteiger partial charge in [0.15, 0.2) is 5.78 Å². The summed E-state index contributed by atoms with van der Waals surface area (Å²) in [7, 11) is 0. The maximum Gasteiger partial charge on any atom is 0.387 e. The molecular formula is C11H10F2O2. The Morgan fingerprint density at radius 2 is 2.07 bits per heavy atom. The minimum Gasteiger partial charge on any atom is -0.434 e. The van der Waals surface area contributed by atoms with Crippen LogP contribution in [0.4, 0.5) is 8.78 Å². The normalized spacial score (nSPS) is 10.9. The summed E-state index contributed by atoms with van der Waals surface area (Å²) in [6, 6.07) is 5.90. The third-order valence-electron chi connectivity index (χ3n) is 1.69. The molecule has 2 nitrogen and oxygen atoms in total. The van der Waals surface area contributed by atoms with Crippen molar-refractivity contribution in [2.75, 3.05) is 0 Å². The van der Waals surface area contributed by atoms with Crippen molar-refractivity contribution >= 4 is 5.78 Å². The maximum absolute atomic E-state index is 12.0. The summed E-state index contributed by atoms with van der Waals surface area (Å²) >= 11 is 0. The molecule has 0 saturated heterocycles. The SMILES string of the molecule is CC=CC(=O)c1ccccc1OC(F)F. The third kappa shape index (κ3) is 3.16. The van der Waals surface area contributed by atoms with Gasteiger partial charge in [-0.25, -0.2) is 0 Å². The van der Waals surface area contributed by atoms with Crippen LogP contribution in [0.2, 0.25) is 0 Å². The second-order valence-corrected chi connectivity index (χ2v) is 2.74. The Morgan fingerprint density at radius 3 is 2.67 bits per heavy atom. The Morgan fingerprint density at radius 1 is 1.40 bits per heavy atom. The van der Waals surface area contributed by atoms with Gasteiger partial charge in [-0.15, -0.1) is 0 Å². The first-order valence-electron chi connectivity index (χ1n) is 4.36. The lowest BCUT2D eigenvalue weighted by Crippen LogP contribution is -2.06. The highest BCUT2D eigenvalue weighted by Crippen LogP contribution is 2.20. The van der Waals surface area contributed by atoms with Crippen LogP contribution in [-0.2, 0) is 0 Å². The zero-order valence-electron chi connectivity index (χ0n) is 8.11. The lowest BCUT2D eigenvalue weighted by Gasteiger charge is -2.07. The number of rotatable bonds is 4. The van der Waals surface area contributed by atoms with Gasteiger partial charge in [0.05, 0.1) is 5.56 Å². The zero-order valence-corrected chi connectivity index (χ0v) is 8.11. The van der Waals surface area contributed by atoms with Gasteiger partial charge in [0, 0.05) is 0 Å². The average molecular weight is 212 g/mol. The van der Waals surface area contributed by atoms with Gasteiger partial charge in [0.2, 0.25) is 0 Å². The van der Waals surface area contributed by atoms with E-state index in [1.165, 1.54) is 24.3 Å². The number of carbonyl (C=O) groups excluding carboxylic acids is 1. The molecule has 4 heteroatoms. The van der Waals surface area contributed by atoms with E-state index in [1.807, 2.05) is 0 Å². The van der Waals surface area contributed by atoms with Crippen molar-refractivity contribution in [3.8, 4) is 5.75 Å². The zero-order chi connectivity index (χ0) is 11.3. The fraction of sp³-hybridized carbons (Fsp3) is 0.182. The van der Waals surface area contributed by atoms with E-state index in [4.69, 9.17) is 0 Å². The van der Waals surface area contributed by atoms with Gasteiger partial charge in [-0.05, 0) is 25.1 Å². The molecule has 0 aliphatic carbocycles. The molecule has 80 valence electrons. The predicted octanol–water partition coefficient (Wildman–Crippen LogP) is 3.05. The molecule has 0 aliphatic rings. The monoisotopic (exact) mass is 212 g/mol. The van der Waals surface area contributed by atoms with Crippen LogP contribution in [0.3, 0.4) is 0 Å². The van der Waals surface area contributed by atoms with Crippen LogP contribution in [-0.4, -0.2) is 12.4 Å². The van der Waals surface area contributed by atoms with Crippen molar-refractivity contribution in [3.05, 3.63) is 42.0 Å². The molecule has 0 saturated carbocycles. The van der Waals surface area contributed by atoms with E-state index < -0.39 is 6.61 Å². The van der Waals surface area contributed by atoms with Crippen molar-refractivity contribution < 1.29 is 18.3 Å². The summed E-state index contributed by atoms with van der Waals surface area (Å²) in [6.07, 6.45) is 2.84. The van der Waals surface area contributed by atoms with Gasteiger partial charge in [-0.1, -0.05) is 18.2 Å². The van der Waals surface area contributed by atoms with Crippen LogP contribution in [0.5, 0.6) is 5.75 Å². The third-order valence-corrected chi connectivity index (χ3v) is 1.69. The van der Waals surface area contributed by atoms with E-state index in [2.05, 4.69) is 4.74 Å². The van der Waals surface area contributed by atoms with Gasteiger partial charge in [0.1, 0.15) is 5.75 Å². The molecule has 1 aromatic rings. The topological polar surface area (TPSA) is 26.3 Å². The van der Waals surface area contributed by atoms with Crippen molar-refractivity contribution in [1.29, 1.82) is 0 Å². The van der Waals surface area contributed by atoms with Gasteiger partial charge in [0.25, 0.3) is 0 Å². The Labute approximate surface area is 86.2 Å². The van der Waals surface area contributed by atoms with Crippen molar-refractivity contribution in [1.82, 2.24) is 0 Å². The summed E-state index contributed by atoms with van der Waals surface area (Å²) in [5.74, 6) is -0.454. The molecule has 0 atom stereocenters. The van der Waals surface area contributed by atoms with Crippen molar-refractivity contribution in [2.24, 2.45) is 0 Å². The molecule has 0 bridgehead atoms. The number of hydrogen-bond donors (Lipinski definition) is 0. The fourth-order valence-electron chi connectivity index (χ4n) is 1.11. The van der Waals surface area contributed by atoms with E-state index in [1.54, 1.807) is 19.1 Å². The molecule has 1 aromatic carbocycles. The summed E-state index contributed by atoms with van der Waals surface area (Å²) in [4.78, 5) is 11.4. The Bertz CT molecular complexity index is 373. The Balaban J connectivity index is 3.00. The number of benzene rings is 1. The van der Waals surface area contributed by atoms with Crippen LogP contribution < -0.4 is 4.74 Å². The smallest absolute Gasteiger partial charge is 0.387 e. The van der Waals surface area contributed by atoms with Gasteiger partial charge < -0.3 is 4.74 Å². The summed E-state index contributed by atoms with van der Waals surface area (Å²) in [6.45, 7) is -1.25. The van der Waals surface area contributed by atoms with Gasteiger partial charge >= 0.3 is 6.61 Å². The number of para-hydroxylation sites is 1. The van der Waals surface area contributed by atoms with Crippen LogP contribution >= 0.6 is 0 Å². The molecule has 0 N–H and O–H groups in total. The molecule has 0 spiro atoms. The second-order valence-electron chi connectivity index (χ2n) is 2.74. The molecule has 0 aromatic heterocycles. The average Bonchev–Trinajstić information content (AvgIpc) is 2.18. The molecule has 0 radical (unpaired) electrons. The maximum atomic E-state index is 12.0. The molecule has 15 heavy (non-hydrogen) atoms. The highest BCUT2D eigenvalue weighted by Gasteiger charge is 2.12. The molecular weight excluding hydrogens is 202 g/mol. The number of halogens is 2. The number of alkyl halides is 2. The van der Waals surface area contributed by atoms with E-state index in [0.717, 1.165) is 0 Å². The van der Waals surface area contributed by atoms with Crippen LogP contribution in [0.25, 0.3) is 0 Å². The van der Waals surface area contributed by atoms with Crippen LogP contribution in [0, 0.1) is 0 Å². The first-order valence-corrected chi connectivity index (χ1v) is 4.36. The molecule has 0 fully saturated rings. The largest absolute Gasteiger partial charge is 0.434 e. The standard InChI is InChI=1S/C11H10F2O2/c1-2-5-9(14)8-6-3-4-7-10(8)15-11(12)13/h2-7,11H,1H3. The molecule has 0 unspecified atom stereocenters. The quantitative estimate of drug-likeness (QED) is 0.566. The fourth-order valence-corrected chi connectivity index (χ4v) is 1.11. The number of allylic oxidation sites excluding steroid dienone is 2. The predicted molar refractivity (Wildman–Crippen MR) is 52.2 cm³/mol. The van der Waals surface area contributed by atoms with Gasteiger partial charge in [-0.2, -0.15) is 8.78 Å². The summed E-state index contributed by atoms with van der Waals surface area (Å²) < 4.78 is 28.2. The van der Waals surface area contributed by atoms with Crippen LogP contribution in [0.15, 0.2) is 36.4 Å². The number of ketones is 1. The Hall–Kier alpha value is -1.71. The van der Waals surface area contributed by atoms with E-state index in [9.17, 15) is 13.6 Å². The Kier molecular flexibility index (Phi) is 3.97. The van der Waals surface area contributed by atoms with E-state index in [0.29, 0.717) is 0 Å². The lowest BCUT2D eigenvalue weighted by atomic mass is 10.1. The first kappa shape index (κ1) is 11.4. The van der Waals surface area contributed by atoms with Gasteiger partial charge in [-0.3, -0.25) is 4.79 Å². The van der Waals surface area contributed by atoms with E-state index >= 15 is 0 Å². The second kappa shape index (κ2) is 5.24. The molecule has 0 aliphatic heterocycles. The molecule has 0 heterocycles. The first-order chi connectivity index (χ1) is 7.15. The highest BCUT2D eigenvalue weighted by atomic mass is 19.3. The number of ether oxygens (including phenoxy) is 1. The number of hydrogen-bond acceptors (Lipinski definition) is 2. The summed E-state index contributed by atoms with van der Waals surface area (Å²) in [5.41, 5.74) is 0.135. The lowest BCUT2D eigenvalue weighted by molar-refractivity contribution is -0.0501. The van der Waals surface area contributed by atoms with Crippen molar-refractivity contribution in [3.63, 3.8) is 0 Å². The number of carbonyl (C=O) groups is 1. The minimum atomic E-state index is -2.93. The van der Waals surface area contributed by atoms with Crippen molar-refractivity contribution in [2.45, 2.75) is 13.5 Å². The molecule has 0 amide bonds. The van der Waals surface area contributed by atoms with E-state index in [-0.39, 0.29) is 17.1 Å².